The van der Waals surface area contributed by atoms with Crippen molar-refractivity contribution < 1.29 is 14.3 Å². The number of halogens is 1. The van der Waals surface area contributed by atoms with Crippen molar-refractivity contribution in [1.29, 1.82) is 0 Å². The van der Waals surface area contributed by atoms with Gasteiger partial charge in [0, 0.05) is 23.8 Å². The van der Waals surface area contributed by atoms with Crippen LogP contribution in [0.5, 0.6) is 0 Å². The van der Waals surface area contributed by atoms with E-state index in [-0.39, 0.29) is 24.6 Å². The van der Waals surface area contributed by atoms with Gasteiger partial charge in [-0.15, -0.1) is 0 Å². The van der Waals surface area contributed by atoms with Crippen molar-refractivity contribution in [3.63, 3.8) is 0 Å². The molecule has 6 nitrogen and oxygen atoms in total. The van der Waals surface area contributed by atoms with Crippen LogP contribution >= 0.6 is 11.6 Å². The van der Waals surface area contributed by atoms with Crippen molar-refractivity contribution in [2.75, 3.05) is 24.6 Å². The van der Waals surface area contributed by atoms with Gasteiger partial charge in [0.05, 0.1) is 12.6 Å². The highest BCUT2D eigenvalue weighted by Crippen LogP contribution is 2.21. The average Bonchev–Trinajstić information content (AvgIpc) is 2.67. The molecular formula is C19H20ClN3O3. The highest BCUT2D eigenvalue weighted by Gasteiger charge is 2.27. The summed E-state index contributed by atoms with van der Waals surface area (Å²) in [5.74, 6) is -0.114. The Balaban J connectivity index is 1.48. The van der Waals surface area contributed by atoms with Crippen LogP contribution in [0.15, 0.2) is 54.6 Å². The largest absolute Gasteiger partial charge is 0.365 e. The van der Waals surface area contributed by atoms with Crippen LogP contribution in [-0.2, 0) is 16.1 Å². The quantitative estimate of drug-likeness (QED) is 0.846. The number of amides is 3. The van der Waals surface area contributed by atoms with Crippen molar-refractivity contribution in [2.24, 2.45) is 0 Å². The highest BCUT2D eigenvalue weighted by molar-refractivity contribution is 6.30. The highest BCUT2D eigenvalue weighted by atomic mass is 35.5. The zero-order valence-electron chi connectivity index (χ0n) is 14.2. The maximum atomic E-state index is 12.1. The van der Waals surface area contributed by atoms with Gasteiger partial charge in [-0.25, -0.2) is 4.79 Å². The molecule has 0 saturated carbocycles. The maximum absolute atomic E-state index is 12.1. The van der Waals surface area contributed by atoms with Crippen LogP contribution in [0.2, 0.25) is 5.02 Å². The van der Waals surface area contributed by atoms with Gasteiger partial charge in [0.25, 0.3) is 5.91 Å². The fraction of sp³-hybridized carbons (Fsp3) is 0.263. The molecule has 1 fully saturated rings. The summed E-state index contributed by atoms with van der Waals surface area (Å²) in [6.07, 6.45) is -0.272. The molecule has 2 aromatic rings. The van der Waals surface area contributed by atoms with Crippen LogP contribution in [0, 0.1) is 0 Å². The summed E-state index contributed by atoms with van der Waals surface area (Å²) in [5, 5.41) is 6.19. The molecule has 2 aromatic carbocycles. The maximum Gasteiger partial charge on any atom is 0.315 e. The summed E-state index contributed by atoms with van der Waals surface area (Å²) in [4.78, 5) is 25.7. The molecule has 3 amide bonds. The van der Waals surface area contributed by atoms with Crippen LogP contribution < -0.4 is 15.5 Å². The van der Waals surface area contributed by atoms with E-state index in [0.717, 1.165) is 11.3 Å². The third kappa shape index (κ3) is 4.97. The third-order valence-electron chi connectivity index (χ3n) is 4.05. The van der Waals surface area contributed by atoms with Crippen LogP contribution in [0.25, 0.3) is 0 Å². The van der Waals surface area contributed by atoms with Crippen LogP contribution in [0.4, 0.5) is 10.5 Å². The topological polar surface area (TPSA) is 70.7 Å². The van der Waals surface area contributed by atoms with Crippen LogP contribution in [0.3, 0.4) is 0 Å². The molecule has 1 saturated heterocycles. The van der Waals surface area contributed by atoms with E-state index < -0.39 is 0 Å². The normalized spacial score (nSPS) is 17.0. The van der Waals surface area contributed by atoms with Gasteiger partial charge in [0.1, 0.15) is 6.61 Å². The zero-order valence-corrected chi connectivity index (χ0v) is 14.9. The average molecular weight is 374 g/mol. The van der Waals surface area contributed by atoms with E-state index in [2.05, 4.69) is 10.6 Å². The lowest BCUT2D eigenvalue weighted by molar-refractivity contribution is -0.129. The van der Waals surface area contributed by atoms with Gasteiger partial charge < -0.3 is 20.3 Å². The van der Waals surface area contributed by atoms with Gasteiger partial charge in [-0.05, 0) is 29.8 Å². The minimum Gasteiger partial charge on any atom is -0.365 e. The molecule has 2 N–H and O–H groups in total. The van der Waals surface area contributed by atoms with Gasteiger partial charge in [-0.1, -0.05) is 41.9 Å². The smallest absolute Gasteiger partial charge is 0.315 e. The number of anilines is 1. The fourth-order valence-corrected chi connectivity index (χ4v) is 2.79. The van der Waals surface area contributed by atoms with E-state index in [1.54, 1.807) is 29.2 Å². The molecule has 0 aromatic heterocycles. The second-order valence-electron chi connectivity index (χ2n) is 5.96. The predicted molar refractivity (Wildman–Crippen MR) is 100 cm³/mol. The van der Waals surface area contributed by atoms with E-state index in [1.165, 1.54) is 0 Å². The Kier molecular flexibility index (Phi) is 6.09. The molecule has 1 unspecified atom stereocenters. The van der Waals surface area contributed by atoms with E-state index in [1.807, 2.05) is 30.3 Å². The van der Waals surface area contributed by atoms with Gasteiger partial charge in [-0.3, -0.25) is 4.79 Å². The first kappa shape index (κ1) is 18.2. The SMILES string of the molecule is O=C(NCc1ccccc1)NCC1CN(c2ccc(Cl)cc2)C(=O)CO1. The fourth-order valence-electron chi connectivity index (χ4n) is 2.67. The summed E-state index contributed by atoms with van der Waals surface area (Å²) in [7, 11) is 0. The summed E-state index contributed by atoms with van der Waals surface area (Å²) < 4.78 is 5.52. The number of hydrogen-bond acceptors (Lipinski definition) is 3. The summed E-state index contributed by atoms with van der Waals surface area (Å²) in [6, 6.07) is 16.5. The van der Waals surface area contributed by atoms with Crippen molar-refractivity contribution in [2.45, 2.75) is 12.6 Å². The molecular weight excluding hydrogens is 354 g/mol. The van der Waals surface area contributed by atoms with E-state index in [9.17, 15) is 9.59 Å². The molecule has 7 heteroatoms. The van der Waals surface area contributed by atoms with Gasteiger partial charge in [-0.2, -0.15) is 0 Å². The molecule has 1 aliphatic heterocycles. The number of carbonyl (C=O) groups is 2. The minimum absolute atomic E-state index is 0.0133. The van der Waals surface area contributed by atoms with Crippen molar-refractivity contribution in [3.05, 3.63) is 65.2 Å². The number of urea groups is 1. The lowest BCUT2D eigenvalue weighted by Gasteiger charge is -2.32. The van der Waals surface area contributed by atoms with Crippen molar-refractivity contribution >= 4 is 29.2 Å². The van der Waals surface area contributed by atoms with Gasteiger partial charge in [0.2, 0.25) is 0 Å². The van der Waals surface area contributed by atoms with E-state index in [0.29, 0.717) is 24.7 Å². The number of morpholine rings is 1. The number of nitrogens with zero attached hydrogens (tertiary/aromatic N) is 1. The molecule has 0 radical (unpaired) electrons. The Bertz CT molecular complexity index is 752. The third-order valence-corrected chi connectivity index (χ3v) is 4.31. The van der Waals surface area contributed by atoms with Crippen LogP contribution in [0.1, 0.15) is 5.56 Å². The number of benzene rings is 2. The molecule has 0 spiro atoms. The Morgan fingerprint density at radius 3 is 2.58 bits per heavy atom. The first-order valence-electron chi connectivity index (χ1n) is 8.35. The molecule has 1 aliphatic rings. The lowest BCUT2D eigenvalue weighted by atomic mass is 10.2. The molecule has 3 rings (SSSR count). The van der Waals surface area contributed by atoms with Crippen molar-refractivity contribution in [1.82, 2.24) is 10.6 Å². The zero-order chi connectivity index (χ0) is 18.4. The monoisotopic (exact) mass is 373 g/mol. The molecule has 136 valence electrons. The molecule has 1 atom stereocenters. The minimum atomic E-state index is -0.272. The number of ether oxygens (including phenoxy) is 1. The first-order chi connectivity index (χ1) is 12.6. The Morgan fingerprint density at radius 1 is 1.12 bits per heavy atom. The van der Waals surface area contributed by atoms with E-state index >= 15 is 0 Å². The lowest BCUT2D eigenvalue weighted by Crippen LogP contribution is -2.51. The van der Waals surface area contributed by atoms with E-state index in [4.69, 9.17) is 16.3 Å². The number of rotatable bonds is 5. The summed E-state index contributed by atoms with van der Waals surface area (Å²) in [6.45, 7) is 1.13. The molecule has 0 aliphatic carbocycles. The summed E-state index contributed by atoms with van der Waals surface area (Å²) >= 11 is 5.89. The molecule has 0 bridgehead atoms. The molecule has 26 heavy (non-hydrogen) atoms. The Labute approximate surface area is 157 Å². The van der Waals surface area contributed by atoms with Gasteiger partial charge >= 0.3 is 6.03 Å². The number of carbonyl (C=O) groups excluding carboxylic acids is 2. The molecule has 1 heterocycles. The first-order valence-corrected chi connectivity index (χ1v) is 8.73. The predicted octanol–water partition coefficient (Wildman–Crippen LogP) is 2.57. The van der Waals surface area contributed by atoms with Crippen LogP contribution in [-0.4, -0.2) is 37.7 Å². The second kappa shape index (κ2) is 8.69. The second-order valence-corrected chi connectivity index (χ2v) is 6.40. The Morgan fingerprint density at radius 2 is 1.85 bits per heavy atom. The number of hydrogen-bond donors (Lipinski definition) is 2. The standard InChI is InChI=1S/C19H20ClN3O3/c20-15-6-8-16(9-7-15)23-12-17(26-13-18(23)24)11-22-19(25)21-10-14-4-2-1-3-5-14/h1-9,17H,10-13H2,(H2,21,22,25). The van der Waals surface area contributed by atoms with Gasteiger partial charge in [0.15, 0.2) is 0 Å². The summed E-state index contributed by atoms with van der Waals surface area (Å²) in [5.41, 5.74) is 1.79. The number of nitrogens with one attached hydrogen (secondary N) is 2. The van der Waals surface area contributed by atoms with Crippen molar-refractivity contribution in [3.8, 4) is 0 Å². The Hall–Kier alpha value is -2.57.